The van der Waals surface area contributed by atoms with Crippen molar-refractivity contribution in [2.24, 2.45) is 0 Å². The maximum Gasteiger partial charge on any atom is 0.264 e. The van der Waals surface area contributed by atoms with Crippen LogP contribution in [0, 0.1) is 11.6 Å². The highest BCUT2D eigenvalue weighted by molar-refractivity contribution is 7.92. The van der Waals surface area contributed by atoms with Crippen LogP contribution in [-0.2, 0) is 10.0 Å². The van der Waals surface area contributed by atoms with Crippen molar-refractivity contribution in [2.45, 2.75) is 4.90 Å². The van der Waals surface area contributed by atoms with Gasteiger partial charge >= 0.3 is 0 Å². The largest absolute Gasteiger partial charge is 0.480 e. The van der Waals surface area contributed by atoms with Crippen LogP contribution < -0.4 is 19.5 Å². The Kier molecular flexibility index (Phi) is 7.85. The summed E-state index contributed by atoms with van der Waals surface area (Å²) in [6.07, 6.45) is 4.45. The first kappa shape index (κ1) is 27.6. The Bertz CT molecular complexity index is 1820. The smallest absolute Gasteiger partial charge is 0.264 e. The van der Waals surface area contributed by atoms with Crippen LogP contribution in [0.2, 0.25) is 0 Å². The maximum absolute atomic E-state index is 14.2. The summed E-state index contributed by atoms with van der Waals surface area (Å²) in [4.78, 5) is 16.3. The van der Waals surface area contributed by atoms with Gasteiger partial charge in [0.1, 0.15) is 41.0 Å². The molecule has 0 aliphatic carbocycles. The summed E-state index contributed by atoms with van der Waals surface area (Å²) in [7, 11) is -3.14. The maximum atomic E-state index is 14.2. The van der Waals surface area contributed by atoms with Crippen LogP contribution in [0.4, 0.5) is 26.0 Å². The molecule has 0 atom stereocenters. The van der Waals surface area contributed by atoms with Gasteiger partial charge in [0, 0.05) is 29.3 Å². The number of fused-ring (bicyclic) bond motifs is 1. The van der Waals surface area contributed by atoms with Gasteiger partial charge in [0.25, 0.3) is 10.0 Å². The van der Waals surface area contributed by atoms with Crippen LogP contribution in [0.5, 0.6) is 11.8 Å². The van der Waals surface area contributed by atoms with Crippen molar-refractivity contribution in [1.82, 2.24) is 19.9 Å². The summed E-state index contributed by atoms with van der Waals surface area (Å²) < 4.78 is 66.2. The van der Waals surface area contributed by atoms with E-state index in [2.05, 4.69) is 30.0 Å². The number of methoxy groups -OCH3 is 1. The first-order valence-electron chi connectivity index (χ1n) is 12.0. The van der Waals surface area contributed by atoms with Gasteiger partial charge in [-0.1, -0.05) is 6.07 Å². The van der Waals surface area contributed by atoms with Gasteiger partial charge in [0.15, 0.2) is 0 Å². The van der Waals surface area contributed by atoms with Crippen molar-refractivity contribution in [2.75, 3.05) is 30.4 Å². The van der Waals surface area contributed by atoms with E-state index in [0.29, 0.717) is 45.5 Å². The standard InChI is InChI=1S/C27H22F2N6O5S/c1-39-27-23(35-41(37,38)24-6-3-18(28)12-21(24)29)11-17(13-31-27)16-2-5-22-20(10-16)26(33-15-32-22)34-19-4-7-25(30-14-19)40-9-8-36/h2-7,10-15,35-36H,8-9H2,1H3,(H,32,33,34). The number of anilines is 3. The predicted octanol–water partition coefficient (Wildman–Crippen LogP) is 4.29. The Hall–Kier alpha value is -4.95. The Labute approximate surface area is 232 Å². The first-order valence-corrected chi connectivity index (χ1v) is 13.5. The fourth-order valence-electron chi connectivity index (χ4n) is 3.90. The van der Waals surface area contributed by atoms with Gasteiger partial charge in [-0.3, -0.25) is 4.72 Å². The number of nitrogens with one attached hydrogen (secondary N) is 2. The Morgan fingerprint density at radius 2 is 1.78 bits per heavy atom. The van der Waals surface area contributed by atoms with Gasteiger partial charge in [-0.25, -0.2) is 37.1 Å². The van der Waals surface area contributed by atoms with Crippen LogP contribution in [0.25, 0.3) is 22.0 Å². The highest BCUT2D eigenvalue weighted by Gasteiger charge is 2.22. The summed E-state index contributed by atoms with van der Waals surface area (Å²) >= 11 is 0. The molecule has 0 spiro atoms. The molecule has 0 aliphatic rings. The number of sulfonamides is 1. The van der Waals surface area contributed by atoms with E-state index in [1.165, 1.54) is 25.7 Å². The molecule has 41 heavy (non-hydrogen) atoms. The summed E-state index contributed by atoms with van der Waals surface area (Å²) in [5.74, 6) is -1.35. The lowest BCUT2D eigenvalue weighted by Gasteiger charge is -2.14. The zero-order valence-corrected chi connectivity index (χ0v) is 22.2. The first-order chi connectivity index (χ1) is 19.8. The minimum atomic E-state index is -4.45. The van der Waals surface area contributed by atoms with Gasteiger partial charge in [-0.05, 0) is 42.0 Å². The highest BCUT2D eigenvalue weighted by atomic mass is 32.2. The van der Waals surface area contributed by atoms with Crippen LogP contribution in [0.3, 0.4) is 0 Å². The van der Waals surface area contributed by atoms with Gasteiger partial charge in [0.2, 0.25) is 11.8 Å². The number of ether oxygens (including phenoxy) is 2. The number of pyridine rings is 2. The molecular weight excluding hydrogens is 558 g/mol. The topological polar surface area (TPSA) is 148 Å². The number of hydrogen-bond acceptors (Lipinski definition) is 10. The average molecular weight is 581 g/mol. The molecule has 0 fully saturated rings. The zero-order chi connectivity index (χ0) is 29.0. The summed E-state index contributed by atoms with van der Waals surface area (Å²) in [5, 5.41) is 12.7. The van der Waals surface area contributed by atoms with E-state index in [0.717, 1.165) is 12.1 Å². The van der Waals surface area contributed by atoms with E-state index < -0.39 is 26.6 Å². The second-order valence-corrected chi connectivity index (χ2v) is 10.1. The molecule has 0 saturated carbocycles. The molecule has 0 saturated heterocycles. The second-order valence-electron chi connectivity index (χ2n) is 8.50. The molecule has 3 N–H and O–H groups in total. The lowest BCUT2D eigenvalue weighted by atomic mass is 10.0. The molecular formula is C27H22F2N6O5S. The number of aromatic nitrogens is 4. The fraction of sp³-hybridized carbons (Fsp3) is 0.111. The Morgan fingerprint density at radius 3 is 2.51 bits per heavy atom. The van der Waals surface area contributed by atoms with E-state index in [-0.39, 0.29) is 24.8 Å². The molecule has 5 rings (SSSR count). The van der Waals surface area contributed by atoms with Gasteiger partial charge < -0.3 is 19.9 Å². The van der Waals surface area contributed by atoms with Crippen LogP contribution in [-0.4, -0.2) is 53.8 Å². The molecule has 3 aromatic heterocycles. The van der Waals surface area contributed by atoms with Crippen molar-refractivity contribution in [3.05, 3.63) is 85.0 Å². The molecule has 14 heteroatoms. The minimum Gasteiger partial charge on any atom is -0.480 e. The molecule has 0 unspecified atom stereocenters. The van der Waals surface area contributed by atoms with E-state index in [1.54, 1.807) is 36.5 Å². The number of aliphatic hydroxyl groups is 1. The van der Waals surface area contributed by atoms with Crippen molar-refractivity contribution in [3.8, 4) is 22.9 Å². The Morgan fingerprint density at radius 1 is 0.927 bits per heavy atom. The van der Waals surface area contributed by atoms with Crippen molar-refractivity contribution in [1.29, 1.82) is 0 Å². The van der Waals surface area contributed by atoms with Crippen LogP contribution in [0.1, 0.15) is 0 Å². The lowest BCUT2D eigenvalue weighted by Crippen LogP contribution is -2.15. The molecule has 0 aliphatic heterocycles. The number of aliphatic hydroxyl groups excluding tert-OH is 1. The summed E-state index contributed by atoms with van der Waals surface area (Å²) in [5.41, 5.74) is 2.36. The van der Waals surface area contributed by atoms with Gasteiger partial charge in [0.05, 0.1) is 31.1 Å². The third-order valence-electron chi connectivity index (χ3n) is 5.78. The van der Waals surface area contributed by atoms with Gasteiger partial charge in [-0.2, -0.15) is 0 Å². The van der Waals surface area contributed by atoms with E-state index in [1.807, 2.05) is 0 Å². The van der Waals surface area contributed by atoms with Crippen LogP contribution >= 0.6 is 0 Å². The fourth-order valence-corrected chi connectivity index (χ4v) is 5.01. The normalized spacial score (nSPS) is 11.3. The summed E-state index contributed by atoms with van der Waals surface area (Å²) in [6.45, 7) is 0.00638. The molecule has 0 bridgehead atoms. The second kappa shape index (κ2) is 11.7. The van der Waals surface area contributed by atoms with Crippen molar-refractivity contribution >= 4 is 38.1 Å². The van der Waals surface area contributed by atoms with E-state index in [4.69, 9.17) is 14.6 Å². The third kappa shape index (κ3) is 6.13. The minimum absolute atomic E-state index is 0.0499. The number of nitrogens with zero attached hydrogens (tertiary/aromatic N) is 4. The predicted molar refractivity (Wildman–Crippen MR) is 147 cm³/mol. The molecule has 0 radical (unpaired) electrons. The quantitative estimate of drug-likeness (QED) is 0.218. The molecule has 0 amide bonds. The van der Waals surface area contributed by atoms with E-state index in [9.17, 15) is 17.2 Å². The molecule has 210 valence electrons. The lowest BCUT2D eigenvalue weighted by molar-refractivity contribution is 0.196. The number of rotatable bonds is 10. The van der Waals surface area contributed by atoms with Gasteiger partial charge in [-0.15, -0.1) is 0 Å². The van der Waals surface area contributed by atoms with E-state index >= 15 is 0 Å². The number of hydrogen-bond donors (Lipinski definition) is 3. The molecule has 3 heterocycles. The van der Waals surface area contributed by atoms with Crippen LogP contribution in [0.15, 0.2) is 78.2 Å². The SMILES string of the molecule is COc1ncc(-c2ccc3ncnc(Nc4ccc(OCCO)nc4)c3c2)cc1NS(=O)(=O)c1ccc(F)cc1F. The average Bonchev–Trinajstić information content (AvgIpc) is 2.96. The highest BCUT2D eigenvalue weighted by Crippen LogP contribution is 2.33. The zero-order valence-electron chi connectivity index (χ0n) is 21.4. The number of halogens is 2. The molecule has 2 aromatic carbocycles. The molecule has 5 aromatic rings. The monoisotopic (exact) mass is 580 g/mol. The Balaban J connectivity index is 1.47. The van der Waals surface area contributed by atoms with Crippen molar-refractivity contribution in [3.63, 3.8) is 0 Å². The summed E-state index contributed by atoms with van der Waals surface area (Å²) in [6, 6.07) is 12.4. The molecule has 11 nitrogen and oxygen atoms in total. The van der Waals surface area contributed by atoms with Crippen molar-refractivity contribution < 1.29 is 31.8 Å². The number of benzene rings is 2. The third-order valence-corrected chi connectivity index (χ3v) is 7.18.